The lowest BCUT2D eigenvalue weighted by Crippen LogP contribution is -2.41. The molecule has 108 valence electrons. The van der Waals surface area contributed by atoms with Gasteiger partial charge in [-0.05, 0) is 12.0 Å². The van der Waals surface area contributed by atoms with Crippen LogP contribution in [-0.4, -0.2) is 24.5 Å². The number of esters is 1. The van der Waals surface area contributed by atoms with Gasteiger partial charge in [0.05, 0.1) is 6.04 Å². The first-order chi connectivity index (χ1) is 9.63. The number of benzene rings is 1. The van der Waals surface area contributed by atoms with Gasteiger partial charge in [0.1, 0.15) is 6.61 Å². The molecule has 1 rings (SSSR count). The van der Waals surface area contributed by atoms with Crippen LogP contribution in [0.25, 0.3) is 0 Å². The minimum absolute atomic E-state index is 0.143. The molecule has 0 spiro atoms. The molecule has 20 heavy (non-hydrogen) atoms. The van der Waals surface area contributed by atoms with Crippen molar-refractivity contribution in [3.63, 3.8) is 0 Å². The van der Waals surface area contributed by atoms with E-state index in [4.69, 9.17) is 10.5 Å². The average Bonchev–Trinajstić information content (AvgIpc) is 2.46. The van der Waals surface area contributed by atoms with Gasteiger partial charge in [0.2, 0.25) is 5.91 Å². The van der Waals surface area contributed by atoms with Gasteiger partial charge >= 0.3 is 5.97 Å². The Labute approximate surface area is 118 Å². The fourth-order valence-corrected chi connectivity index (χ4v) is 1.64. The van der Waals surface area contributed by atoms with Crippen LogP contribution in [0.1, 0.15) is 18.4 Å². The monoisotopic (exact) mass is 276 g/mol. The molecular weight excluding hydrogens is 256 g/mol. The van der Waals surface area contributed by atoms with Gasteiger partial charge in [-0.2, -0.15) is 0 Å². The first-order valence-electron chi connectivity index (χ1n) is 6.46. The summed E-state index contributed by atoms with van der Waals surface area (Å²) >= 11 is 0. The third-order valence-corrected chi connectivity index (χ3v) is 2.73. The molecule has 1 amide bonds. The van der Waals surface area contributed by atoms with Crippen LogP contribution in [0.15, 0.2) is 43.0 Å². The fourth-order valence-electron chi connectivity index (χ4n) is 1.64. The standard InChI is InChI=1S/C15H20N2O3/c1-2-10-17-13(15(16)19)8-9-14(18)20-11-12-6-4-3-5-7-12/h2-7,13,17H,1,8-11H2,(H2,16,19)/t13-/m1/s1. The molecule has 1 aromatic rings. The van der Waals surface area contributed by atoms with Crippen molar-refractivity contribution in [3.05, 3.63) is 48.6 Å². The summed E-state index contributed by atoms with van der Waals surface area (Å²) < 4.78 is 5.12. The molecule has 0 unspecified atom stereocenters. The summed E-state index contributed by atoms with van der Waals surface area (Å²) in [5.74, 6) is -0.830. The van der Waals surface area contributed by atoms with Gasteiger partial charge in [0, 0.05) is 13.0 Å². The van der Waals surface area contributed by atoms with Crippen molar-refractivity contribution in [2.75, 3.05) is 6.54 Å². The molecule has 0 saturated carbocycles. The Kier molecular flexibility index (Phi) is 7.06. The fraction of sp³-hybridized carbons (Fsp3) is 0.333. The number of hydrogen-bond donors (Lipinski definition) is 2. The molecule has 1 atom stereocenters. The minimum Gasteiger partial charge on any atom is -0.461 e. The molecule has 1 aromatic carbocycles. The van der Waals surface area contributed by atoms with E-state index in [2.05, 4.69) is 11.9 Å². The van der Waals surface area contributed by atoms with Crippen LogP contribution in [0.3, 0.4) is 0 Å². The summed E-state index contributed by atoms with van der Waals surface area (Å²) in [6.07, 6.45) is 2.09. The lowest BCUT2D eigenvalue weighted by atomic mass is 10.1. The molecular formula is C15H20N2O3. The number of nitrogens with two attached hydrogens (primary N) is 1. The van der Waals surface area contributed by atoms with Crippen LogP contribution in [0, 0.1) is 0 Å². The van der Waals surface area contributed by atoms with Crippen molar-refractivity contribution in [1.82, 2.24) is 5.32 Å². The highest BCUT2D eigenvalue weighted by Gasteiger charge is 2.16. The molecule has 0 aliphatic carbocycles. The number of nitrogens with one attached hydrogen (secondary N) is 1. The number of carbonyl (C=O) groups is 2. The highest BCUT2D eigenvalue weighted by atomic mass is 16.5. The summed E-state index contributed by atoms with van der Waals surface area (Å²) in [5, 5.41) is 2.90. The lowest BCUT2D eigenvalue weighted by Gasteiger charge is -2.13. The van der Waals surface area contributed by atoms with Crippen molar-refractivity contribution >= 4 is 11.9 Å². The number of carbonyl (C=O) groups excluding carboxylic acids is 2. The van der Waals surface area contributed by atoms with Crippen LogP contribution in [-0.2, 0) is 20.9 Å². The zero-order valence-electron chi connectivity index (χ0n) is 11.4. The Morgan fingerprint density at radius 2 is 2.05 bits per heavy atom. The molecule has 0 fully saturated rings. The zero-order valence-corrected chi connectivity index (χ0v) is 11.4. The number of primary amides is 1. The van der Waals surface area contributed by atoms with Crippen molar-refractivity contribution < 1.29 is 14.3 Å². The van der Waals surface area contributed by atoms with E-state index in [-0.39, 0.29) is 19.0 Å². The smallest absolute Gasteiger partial charge is 0.306 e. The van der Waals surface area contributed by atoms with Crippen molar-refractivity contribution in [1.29, 1.82) is 0 Å². The van der Waals surface area contributed by atoms with Crippen molar-refractivity contribution in [3.8, 4) is 0 Å². The topological polar surface area (TPSA) is 81.4 Å². The molecule has 0 aliphatic heterocycles. The van der Waals surface area contributed by atoms with Crippen LogP contribution < -0.4 is 11.1 Å². The second-order valence-corrected chi connectivity index (χ2v) is 4.34. The highest BCUT2D eigenvalue weighted by Crippen LogP contribution is 2.04. The maximum absolute atomic E-state index is 11.6. The summed E-state index contributed by atoms with van der Waals surface area (Å²) in [6, 6.07) is 8.87. The Morgan fingerprint density at radius 3 is 2.65 bits per heavy atom. The van der Waals surface area contributed by atoms with E-state index in [9.17, 15) is 9.59 Å². The molecule has 0 bridgehead atoms. The predicted molar refractivity (Wildman–Crippen MR) is 76.7 cm³/mol. The van der Waals surface area contributed by atoms with Gasteiger partial charge in [-0.1, -0.05) is 36.4 Å². The van der Waals surface area contributed by atoms with Gasteiger partial charge in [-0.15, -0.1) is 6.58 Å². The van der Waals surface area contributed by atoms with E-state index in [0.717, 1.165) is 5.56 Å². The third kappa shape index (κ3) is 6.15. The van der Waals surface area contributed by atoms with E-state index in [1.165, 1.54) is 0 Å². The molecule has 3 N–H and O–H groups in total. The molecule has 0 radical (unpaired) electrons. The van der Waals surface area contributed by atoms with Gasteiger partial charge in [0.15, 0.2) is 0 Å². The quantitative estimate of drug-likeness (QED) is 0.523. The van der Waals surface area contributed by atoms with E-state index in [1.807, 2.05) is 30.3 Å². The van der Waals surface area contributed by atoms with E-state index < -0.39 is 11.9 Å². The van der Waals surface area contributed by atoms with E-state index in [1.54, 1.807) is 6.08 Å². The molecule has 0 saturated heterocycles. The minimum atomic E-state index is -0.544. The third-order valence-electron chi connectivity index (χ3n) is 2.73. The Hall–Kier alpha value is -2.14. The Morgan fingerprint density at radius 1 is 1.35 bits per heavy atom. The number of rotatable bonds is 9. The van der Waals surface area contributed by atoms with Gasteiger partial charge in [-0.3, -0.25) is 9.59 Å². The molecule has 0 heterocycles. The predicted octanol–water partition coefficient (Wildman–Crippen LogP) is 1.14. The van der Waals surface area contributed by atoms with Crippen LogP contribution in [0.5, 0.6) is 0 Å². The normalized spacial score (nSPS) is 11.6. The van der Waals surface area contributed by atoms with Gasteiger partial charge in [-0.25, -0.2) is 0 Å². The number of ether oxygens (including phenoxy) is 1. The second-order valence-electron chi connectivity index (χ2n) is 4.34. The van der Waals surface area contributed by atoms with Crippen LogP contribution >= 0.6 is 0 Å². The summed E-state index contributed by atoms with van der Waals surface area (Å²) in [5.41, 5.74) is 6.17. The molecule has 0 aliphatic rings. The highest BCUT2D eigenvalue weighted by molar-refractivity contribution is 5.80. The average molecular weight is 276 g/mol. The first-order valence-corrected chi connectivity index (χ1v) is 6.46. The SMILES string of the molecule is C=CCN[C@H](CCC(=O)OCc1ccccc1)C(N)=O. The maximum atomic E-state index is 11.6. The summed E-state index contributed by atoms with van der Waals surface area (Å²) in [4.78, 5) is 22.8. The molecule has 5 nitrogen and oxygen atoms in total. The number of amides is 1. The van der Waals surface area contributed by atoms with Crippen LogP contribution in [0.4, 0.5) is 0 Å². The second kappa shape index (κ2) is 8.87. The lowest BCUT2D eigenvalue weighted by molar-refractivity contribution is -0.145. The summed E-state index contributed by atoms with van der Waals surface area (Å²) in [6.45, 7) is 4.25. The molecule has 5 heteroatoms. The Bertz CT molecular complexity index is 446. The molecule has 0 aromatic heterocycles. The summed E-state index contributed by atoms with van der Waals surface area (Å²) in [7, 11) is 0. The maximum Gasteiger partial charge on any atom is 0.306 e. The van der Waals surface area contributed by atoms with Gasteiger partial charge in [0.25, 0.3) is 0 Å². The van der Waals surface area contributed by atoms with Crippen LogP contribution in [0.2, 0.25) is 0 Å². The van der Waals surface area contributed by atoms with Crippen molar-refractivity contribution in [2.24, 2.45) is 5.73 Å². The van der Waals surface area contributed by atoms with E-state index >= 15 is 0 Å². The first kappa shape index (κ1) is 15.9. The number of hydrogen-bond acceptors (Lipinski definition) is 4. The van der Waals surface area contributed by atoms with Gasteiger partial charge < -0.3 is 15.8 Å². The van der Waals surface area contributed by atoms with Crippen molar-refractivity contribution in [2.45, 2.75) is 25.5 Å². The largest absolute Gasteiger partial charge is 0.461 e. The zero-order chi connectivity index (χ0) is 14.8. The van der Waals surface area contributed by atoms with E-state index in [0.29, 0.717) is 13.0 Å². The Balaban J connectivity index is 2.30.